The minimum absolute atomic E-state index is 1.31. The molecule has 0 heterocycles. The third kappa shape index (κ3) is 7.25. The van der Waals surface area contributed by atoms with E-state index in [9.17, 15) is 0 Å². The fourth-order valence-electron chi connectivity index (χ4n) is 12.0. The molecule has 0 amide bonds. The fourth-order valence-corrected chi connectivity index (χ4v) is 12.0. The molecule has 0 aromatic heterocycles. The lowest BCUT2D eigenvalue weighted by Crippen LogP contribution is -2.59. The molecule has 0 aliphatic rings. The van der Waals surface area contributed by atoms with Gasteiger partial charge < -0.3 is 4.90 Å². The number of anilines is 3. The van der Waals surface area contributed by atoms with Gasteiger partial charge >= 0.3 is 0 Å². The summed E-state index contributed by atoms with van der Waals surface area (Å²) in [7, 11) is 63.5. The van der Waals surface area contributed by atoms with Gasteiger partial charge in [-0.05, 0) is 33.4 Å². The van der Waals surface area contributed by atoms with Crippen LogP contribution in [0, 0.1) is 0 Å². The number of rotatable bonds is 6. The average molecular weight is 793 g/mol. The van der Waals surface area contributed by atoms with Gasteiger partial charge in [0.05, 0.1) is 0 Å². The maximum atomic E-state index is 2.75. The summed E-state index contributed by atoms with van der Waals surface area (Å²) < 4.78 is 0. The molecule has 0 radical (unpaired) electrons. The molecule has 6 rings (SSSR count). The van der Waals surface area contributed by atoms with Crippen molar-refractivity contribution in [1.82, 2.24) is 0 Å². The highest BCUT2D eigenvalue weighted by Gasteiger charge is 2.31. The van der Waals surface area contributed by atoms with Crippen molar-refractivity contribution >= 4 is 376 Å². The van der Waals surface area contributed by atoms with Gasteiger partial charge in [-0.1, -0.05) is 98.3 Å². The van der Waals surface area contributed by atoms with Crippen molar-refractivity contribution in [3.63, 3.8) is 0 Å². The third-order valence-electron chi connectivity index (χ3n) is 18.2. The summed E-state index contributed by atoms with van der Waals surface area (Å²) in [5, 5.41) is 0. The van der Waals surface area contributed by atoms with Crippen molar-refractivity contribution in [2.75, 3.05) is 4.90 Å². The van der Waals surface area contributed by atoms with Gasteiger partial charge in [0.15, 0.2) is 0 Å². The first-order chi connectivity index (χ1) is 29.6. The summed E-state index contributed by atoms with van der Waals surface area (Å²) in [6.07, 6.45) is 0. The summed E-state index contributed by atoms with van der Waals surface area (Å²) in [6.45, 7) is 0. The van der Waals surface area contributed by atoms with Gasteiger partial charge in [-0.25, -0.2) is 0 Å². The lowest BCUT2D eigenvalue weighted by molar-refractivity contribution is 1.36. The van der Waals surface area contributed by atoms with Crippen LogP contribution in [0.3, 0.4) is 0 Å². The van der Waals surface area contributed by atoms with E-state index in [0.29, 0.717) is 0 Å². The van der Waals surface area contributed by atoms with Gasteiger partial charge in [-0.3, -0.25) is 0 Å². The zero-order chi connectivity index (χ0) is 48.4. The molecule has 0 bridgehead atoms. The first kappa shape index (κ1) is 50.3. The Morgan fingerprint density at radius 2 is 0.219 bits per heavy atom. The Morgan fingerprint density at radius 1 is 0.125 bits per heavy atom. The van der Waals surface area contributed by atoms with Crippen LogP contribution < -0.4 is 152 Å². The van der Waals surface area contributed by atoms with Gasteiger partial charge in [0.2, 0.25) is 0 Å². The van der Waals surface area contributed by atoms with Gasteiger partial charge in [-0.2, -0.15) is 0 Å². The highest BCUT2D eigenvalue weighted by Crippen LogP contribution is 2.28. The summed E-state index contributed by atoms with van der Waals surface area (Å²) in [6, 6.07) is 0. The Bertz CT molecular complexity index is 2590. The average Bonchev–Trinajstić information content (AvgIpc) is 3.26. The van der Waals surface area contributed by atoms with Crippen LogP contribution in [0.5, 0.6) is 0 Å². The maximum Gasteiger partial charge on any atom is 0.141 e. The van der Waals surface area contributed by atoms with E-state index in [1.807, 2.05) is 0 Å². The Morgan fingerprint density at radius 3 is 0.344 bits per heavy atom. The van der Waals surface area contributed by atoms with E-state index in [-0.39, 0.29) is 0 Å². The van der Waals surface area contributed by atoms with Crippen molar-refractivity contribution in [3.8, 4) is 33.4 Å². The van der Waals surface area contributed by atoms with Gasteiger partial charge in [-0.15, -0.1) is 49.2 Å². The quantitative estimate of drug-likeness (QED) is 0.152. The van der Waals surface area contributed by atoms with Crippen LogP contribution in [0.25, 0.3) is 33.4 Å². The van der Waals surface area contributed by atoms with E-state index in [1.54, 1.807) is 0 Å². The SMILES string of the molecule is Bc1c(B)c(B)c(-c2c(B)c(B)c(N(c3c(B)c(B)c(-c4c(B)c(B)c(B)c(B)c4B)c(B)c3B)c3c(B)c(B)c(-c4c(B)c(B)c(B)c(B)c4B)c(B)c3B)c(B)c2B)c(B)c1B. The lowest BCUT2D eigenvalue weighted by atomic mass is 9.55. The van der Waals surface area contributed by atoms with Crippen molar-refractivity contribution in [2.45, 2.75) is 0 Å². The Labute approximate surface area is 412 Å². The minimum atomic E-state index is 1.31. The highest BCUT2D eigenvalue weighted by molar-refractivity contribution is 6.75. The molecule has 0 spiro atoms. The van der Waals surface area contributed by atoms with E-state index < -0.39 is 0 Å². The predicted molar refractivity (Wildman–Crippen MR) is 378 cm³/mol. The number of nitrogens with zero attached hydrogens (tertiary/aromatic N) is 1. The largest absolute Gasteiger partial charge is 0.314 e. The van der Waals surface area contributed by atoms with Crippen LogP contribution >= 0.6 is 0 Å². The molecular formula is C36H54B27N. The van der Waals surface area contributed by atoms with Crippen molar-refractivity contribution in [2.24, 2.45) is 0 Å². The molecule has 0 unspecified atom stereocenters. The molecule has 1 nitrogen and oxygen atoms in total. The Balaban J connectivity index is 1.84. The number of hydrogen-bond donors (Lipinski definition) is 0. The normalized spacial score (nSPS) is 11.2. The molecule has 0 fully saturated rings. The molecule has 28 heteroatoms. The van der Waals surface area contributed by atoms with Crippen LogP contribution in [-0.4, -0.2) is 212 Å². The van der Waals surface area contributed by atoms with E-state index >= 15 is 0 Å². The smallest absolute Gasteiger partial charge is 0.141 e. The number of hydrogen-bond acceptors (Lipinski definition) is 1. The molecule has 284 valence electrons. The van der Waals surface area contributed by atoms with Crippen LogP contribution in [0.4, 0.5) is 17.1 Å². The van der Waals surface area contributed by atoms with Crippen LogP contribution in [0.1, 0.15) is 0 Å². The van der Waals surface area contributed by atoms with E-state index in [0.717, 1.165) is 0 Å². The fraction of sp³-hybridized carbons (Fsp3) is 0. The molecule has 6 aromatic rings. The Kier molecular flexibility index (Phi) is 14.0. The first-order valence-corrected chi connectivity index (χ1v) is 23.9. The summed E-state index contributed by atoms with van der Waals surface area (Å²) in [5.41, 5.74) is 49.7. The van der Waals surface area contributed by atoms with Crippen molar-refractivity contribution in [3.05, 3.63) is 0 Å². The molecule has 0 N–H and O–H groups in total. The lowest BCUT2D eigenvalue weighted by Gasteiger charge is -2.40. The van der Waals surface area contributed by atoms with Crippen LogP contribution in [0.2, 0.25) is 0 Å². The minimum Gasteiger partial charge on any atom is -0.314 e. The van der Waals surface area contributed by atoms with E-state index in [4.69, 9.17) is 0 Å². The molecular weight excluding hydrogens is 738 g/mol. The molecule has 0 saturated heterocycles. The third-order valence-corrected chi connectivity index (χ3v) is 18.2. The number of benzene rings is 6. The summed E-state index contributed by atoms with van der Waals surface area (Å²) >= 11 is 0. The highest BCUT2D eigenvalue weighted by atomic mass is 15.2. The van der Waals surface area contributed by atoms with Gasteiger partial charge in [0.25, 0.3) is 0 Å². The van der Waals surface area contributed by atoms with Crippen molar-refractivity contribution < 1.29 is 0 Å². The second kappa shape index (κ2) is 17.8. The second-order valence-electron chi connectivity index (χ2n) is 20.5. The second-order valence-corrected chi connectivity index (χ2v) is 20.5. The zero-order valence-corrected chi connectivity index (χ0v) is 45.4. The standard InChI is InChI=1S/C36H54B27N/c37-7-1(8(38)20(50)25(55)19(7)49)4-13(43)28(58)34(29(59)14(4)44)64(35-30(60)15(45)5(16(46)31(35)61)2-9(39)21(51)26(56)22(52)10(2)40)36-32(62)17(47)6(18(48)33(36)63)3-11(41)23(53)27(57)24(54)12(3)42/h37-63H2. The Hall–Kier alpha value is -3.13. The maximum absolute atomic E-state index is 2.75. The monoisotopic (exact) mass is 798 g/mol. The first-order valence-electron chi connectivity index (χ1n) is 23.9. The topological polar surface area (TPSA) is 3.24 Å². The molecule has 0 aliphatic carbocycles. The van der Waals surface area contributed by atoms with Crippen LogP contribution in [0.15, 0.2) is 0 Å². The molecule has 0 atom stereocenters. The molecule has 0 aliphatic heterocycles. The summed E-state index contributed by atoms with van der Waals surface area (Å²) in [4.78, 5) is 2.75. The van der Waals surface area contributed by atoms with Gasteiger partial charge in [0.1, 0.15) is 212 Å². The van der Waals surface area contributed by atoms with E-state index in [2.05, 4.69) is 217 Å². The molecule has 6 aromatic carbocycles. The predicted octanol–water partition coefficient (Wildman–Crippen LogP) is -36.9. The van der Waals surface area contributed by atoms with E-state index in [1.165, 1.54) is 198 Å². The molecule has 0 saturated carbocycles. The molecule has 64 heavy (non-hydrogen) atoms. The van der Waals surface area contributed by atoms with Crippen LogP contribution in [-0.2, 0) is 0 Å². The van der Waals surface area contributed by atoms with Crippen molar-refractivity contribution in [1.29, 1.82) is 0 Å². The summed E-state index contributed by atoms with van der Waals surface area (Å²) in [5.74, 6) is 0. The van der Waals surface area contributed by atoms with Gasteiger partial charge in [0, 0.05) is 17.1 Å². The zero-order valence-electron chi connectivity index (χ0n) is 45.4.